The highest BCUT2D eigenvalue weighted by Crippen LogP contribution is 2.24. The molecule has 1 saturated heterocycles. The summed E-state index contributed by atoms with van der Waals surface area (Å²) in [7, 11) is 0. The fourth-order valence-corrected chi connectivity index (χ4v) is 2.68. The van der Waals surface area contributed by atoms with Gasteiger partial charge in [-0.3, -0.25) is 14.5 Å². The summed E-state index contributed by atoms with van der Waals surface area (Å²) in [5, 5.41) is 16.2. The van der Waals surface area contributed by atoms with E-state index in [1.165, 1.54) is 42.3 Å². The van der Waals surface area contributed by atoms with E-state index >= 15 is 0 Å². The van der Waals surface area contributed by atoms with Crippen molar-refractivity contribution in [2.24, 2.45) is 0 Å². The summed E-state index contributed by atoms with van der Waals surface area (Å²) < 4.78 is 20.1. The van der Waals surface area contributed by atoms with Gasteiger partial charge in [-0.15, -0.1) is 0 Å². The maximum Gasteiger partial charge on any atom is 0.414 e. The summed E-state index contributed by atoms with van der Waals surface area (Å²) >= 11 is 0. The molecule has 1 aromatic heterocycles. The summed E-state index contributed by atoms with van der Waals surface area (Å²) in [6, 6.07) is 6.64. The van der Waals surface area contributed by atoms with Crippen LogP contribution in [0.15, 0.2) is 42.7 Å². The van der Waals surface area contributed by atoms with Crippen LogP contribution in [0, 0.1) is 11.0 Å². The number of amides is 3. The highest BCUT2D eigenvalue weighted by atomic mass is 19.1. The van der Waals surface area contributed by atoms with Crippen molar-refractivity contribution in [1.82, 2.24) is 5.32 Å². The number of anilines is 2. The molecule has 2 heterocycles. The van der Waals surface area contributed by atoms with Crippen molar-refractivity contribution >= 4 is 29.3 Å². The van der Waals surface area contributed by atoms with Crippen molar-refractivity contribution in [2.75, 3.05) is 23.3 Å². The number of aromatic nitrogens is 1. The number of carbonyl (C=O) groups is 3. The van der Waals surface area contributed by atoms with Crippen molar-refractivity contribution < 1.29 is 28.2 Å². The third kappa shape index (κ3) is 4.34. The Morgan fingerprint density at radius 1 is 1.39 bits per heavy atom. The monoisotopic (exact) mass is 388 g/mol. The lowest BCUT2D eigenvalue weighted by atomic mass is 10.1. The molecular weight excluding hydrogens is 371 g/mol. The Hall–Kier alpha value is -3.69. The van der Waals surface area contributed by atoms with Crippen LogP contribution in [0.5, 0.6) is 0 Å². The first-order chi connectivity index (χ1) is 13.3. The van der Waals surface area contributed by atoms with Crippen LogP contribution in [-0.2, 0) is 9.53 Å². The number of pyridine rings is 1. The van der Waals surface area contributed by atoms with Gasteiger partial charge in [0.2, 0.25) is 12.1 Å². The Bertz CT molecular complexity index is 936. The summed E-state index contributed by atoms with van der Waals surface area (Å²) in [6.45, 7) is 1.63. The number of cyclic esters (lactones) is 1. The molecule has 0 radical (unpaired) electrons. The minimum absolute atomic E-state index is 0.137. The van der Waals surface area contributed by atoms with Crippen molar-refractivity contribution in [2.45, 2.75) is 13.0 Å². The molecule has 0 unspecified atom stereocenters. The molecule has 3 rings (SSSR count). The first-order valence-corrected chi connectivity index (χ1v) is 8.36. The van der Waals surface area contributed by atoms with Crippen LogP contribution in [0.1, 0.15) is 17.3 Å². The normalized spacial score (nSPS) is 15.9. The average molecular weight is 388 g/mol. The van der Waals surface area contributed by atoms with E-state index < -0.39 is 23.9 Å². The predicted octanol–water partition coefficient (Wildman–Crippen LogP) is 1.17. The quantitative estimate of drug-likeness (QED) is 0.590. The molecule has 3 amide bonds. The zero-order valence-corrected chi connectivity index (χ0v) is 14.8. The molecule has 9 nitrogen and oxygen atoms in total. The number of halogens is 1. The van der Waals surface area contributed by atoms with Gasteiger partial charge in [-0.05, 0) is 24.3 Å². The summed E-state index contributed by atoms with van der Waals surface area (Å²) in [5.41, 5.74) is 0.198. The van der Waals surface area contributed by atoms with E-state index in [1.54, 1.807) is 0 Å². The van der Waals surface area contributed by atoms with Crippen LogP contribution in [0.25, 0.3) is 0 Å². The van der Waals surface area contributed by atoms with Gasteiger partial charge >= 0.3 is 6.09 Å². The number of benzene rings is 1. The van der Waals surface area contributed by atoms with Crippen molar-refractivity contribution in [1.29, 1.82) is 0 Å². The molecule has 0 bridgehead atoms. The summed E-state index contributed by atoms with van der Waals surface area (Å²) in [5.74, 6) is -1.82. The Morgan fingerprint density at radius 2 is 2.18 bits per heavy atom. The van der Waals surface area contributed by atoms with E-state index in [2.05, 4.69) is 10.6 Å². The number of hydrogen-bond acceptors (Lipinski definition) is 5. The molecule has 2 aromatic rings. The minimum atomic E-state index is -0.834. The molecule has 1 aliphatic heterocycles. The van der Waals surface area contributed by atoms with Gasteiger partial charge in [-0.25, -0.2) is 9.18 Å². The molecule has 1 aliphatic rings. The average Bonchev–Trinajstić information content (AvgIpc) is 3.00. The second-order valence-electron chi connectivity index (χ2n) is 6.12. The molecule has 0 saturated carbocycles. The zero-order valence-electron chi connectivity index (χ0n) is 14.8. The smallest absolute Gasteiger partial charge is 0.414 e. The van der Waals surface area contributed by atoms with Crippen LogP contribution in [0.4, 0.5) is 20.6 Å². The topological polar surface area (TPSA) is 115 Å². The van der Waals surface area contributed by atoms with Crippen LogP contribution < -0.4 is 20.3 Å². The Morgan fingerprint density at radius 3 is 2.86 bits per heavy atom. The fraction of sp³-hybridized carbons (Fsp3) is 0.222. The number of rotatable bonds is 5. The zero-order chi connectivity index (χ0) is 20.3. The van der Waals surface area contributed by atoms with E-state index in [4.69, 9.17) is 4.74 Å². The number of nitrogens with one attached hydrogen (secondary N) is 2. The number of ether oxygens (including phenoxy) is 1. The lowest BCUT2D eigenvalue weighted by Crippen LogP contribution is -2.33. The Labute approximate surface area is 159 Å². The number of carbonyl (C=O) groups excluding carboxylic acids is 3. The Kier molecular flexibility index (Phi) is 5.39. The second-order valence-corrected chi connectivity index (χ2v) is 6.12. The molecule has 0 aliphatic carbocycles. The fourth-order valence-electron chi connectivity index (χ4n) is 2.68. The van der Waals surface area contributed by atoms with Crippen molar-refractivity contribution in [3.8, 4) is 0 Å². The van der Waals surface area contributed by atoms with Gasteiger partial charge in [0.25, 0.3) is 5.91 Å². The number of hydrogen-bond donors (Lipinski definition) is 2. The van der Waals surface area contributed by atoms with Crippen molar-refractivity contribution in [3.05, 3.63) is 59.3 Å². The maximum absolute atomic E-state index is 14.5. The van der Waals surface area contributed by atoms with E-state index in [1.807, 2.05) is 0 Å². The summed E-state index contributed by atoms with van der Waals surface area (Å²) in [4.78, 5) is 36.4. The van der Waals surface area contributed by atoms with Gasteiger partial charge in [0.05, 0.1) is 24.3 Å². The third-order valence-corrected chi connectivity index (χ3v) is 3.99. The molecule has 1 fully saturated rings. The minimum Gasteiger partial charge on any atom is -0.619 e. The maximum atomic E-state index is 14.5. The van der Waals surface area contributed by atoms with Gasteiger partial charge in [0.1, 0.15) is 17.6 Å². The molecule has 2 N–H and O–H groups in total. The van der Waals surface area contributed by atoms with Crippen LogP contribution >= 0.6 is 0 Å². The van der Waals surface area contributed by atoms with Gasteiger partial charge in [0.15, 0.2) is 6.20 Å². The highest BCUT2D eigenvalue weighted by Gasteiger charge is 2.33. The van der Waals surface area contributed by atoms with Crippen LogP contribution in [0.3, 0.4) is 0 Å². The van der Waals surface area contributed by atoms with E-state index in [-0.39, 0.29) is 35.9 Å². The molecule has 1 aromatic carbocycles. The largest absolute Gasteiger partial charge is 0.619 e. The van der Waals surface area contributed by atoms with Gasteiger partial charge in [-0.1, -0.05) is 0 Å². The first-order valence-electron chi connectivity index (χ1n) is 8.36. The molecule has 0 spiro atoms. The first kappa shape index (κ1) is 19.1. The van der Waals surface area contributed by atoms with E-state index in [0.29, 0.717) is 4.73 Å². The van der Waals surface area contributed by atoms with Crippen LogP contribution in [0.2, 0.25) is 0 Å². The van der Waals surface area contributed by atoms with Gasteiger partial charge < -0.3 is 20.6 Å². The molecule has 10 heteroatoms. The highest BCUT2D eigenvalue weighted by molar-refractivity contribution is 6.04. The molecule has 28 heavy (non-hydrogen) atoms. The van der Waals surface area contributed by atoms with Gasteiger partial charge in [-0.2, -0.15) is 4.73 Å². The molecule has 1 atom stereocenters. The summed E-state index contributed by atoms with van der Waals surface area (Å²) in [6.07, 6.45) is 1.16. The van der Waals surface area contributed by atoms with Crippen molar-refractivity contribution in [3.63, 3.8) is 0 Å². The lowest BCUT2D eigenvalue weighted by Gasteiger charge is -2.14. The molecular formula is C18H17FN4O5. The van der Waals surface area contributed by atoms with Gasteiger partial charge in [0, 0.05) is 13.0 Å². The van der Waals surface area contributed by atoms with E-state index in [0.717, 1.165) is 12.3 Å². The SMILES string of the molecule is CC(=O)NC[C@H]1CN(c2ccc(C(=O)Nc3ccc[n+]([O-])c3)c(F)c2)C(=O)O1. The van der Waals surface area contributed by atoms with Crippen LogP contribution in [-0.4, -0.2) is 37.1 Å². The molecule has 146 valence electrons. The number of nitrogens with zero attached hydrogens (tertiary/aromatic N) is 2. The van der Waals surface area contributed by atoms with E-state index in [9.17, 15) is 24.0 Å². The third-order valence-electron chi connectivity index (χ3n) is 3.99. The second kappa shape index (κ2) is 7.91. The standard InChI is InChI=1S/C18H17FN4O5/c1-11(24)20-8-14-10-23(18(26)28-14)13-4-5-15(16(19)7-13)17(25)21-12-3-2-6-22(27)9-12/h2-7,9,14H,8,10H2,1H3,(H,20,24)(H,21,25)/t14-/m0/s1. The lowest BCUT2D eigenvalue weighted by molar-refractivity contribution is -0.604. The predicted molar refractivity (Wildman–Crippen MR) is 96.1 cm³/mol. The Balaban J connectivity index is 1.71.